The number of nitrogens with one attached hydrogen (secondary N) is 1. The fraction of sp³-hybridized carbons (Fsp3) is 0.467. The summed E-state index contributed by atoms with van der Waals surface area (Å²) in [6.07, 6.45) is -0.659. The van der Waals surface area contributed by atoms with Gasteiger partial charge in [0.2, 0.25) is 0 Å². The highest BCUT2D eigenvalue weighted by molar-refractivity contribution is 5.82. The van der Waals surface area contributed by atoms with Gasteiger partial charge in [-0.25, -0.2) is 9.59 Å². The predicted octanol–water partition coefficient (Wildman–Crippen LogP) is 2.73. The highest BCUT2D eigenvalue weighted by Crippen LogP contribution is 2.17. The van der Waals surface area contributed by atoms with Crippen LogP contribution in [0.15, 0.2) is 24.3 Å². The van der Waals surface area contributed by atoms with Crippen LogP contribution in [-0.4, -0.2) is 24.8 Å². The Morgan fingerprint density at radius 2 is 1.70 bits per heavy atom. The lowest BCUT2D eigenvalue weighted by Crippen LogP contribution is -2.38. The van der Waals surface area contributed by atoms with Gasteiger partial charge in [0.05, 0.1) is 7.11 Å². The molecule has 1 unspecified atom stereocenters. The van der Waals surface area contributed by atoms with Gasteiger partial charge in [-0.2, -0.15) is 0 Å². The minimum atomic E-state index is -0.879. The SMILES string of the molecule is COC(=O)C(NC(=O)OC(C)(C)C)c1ccc(C)cc1. The van der Waals surface area contributed by atoms with Gasteiger partial charge in [-0.3, -0.25) is 0 Å². The lowest BCUT2D eigenvalue weighted by molar-refractivity contribution is -0.143. The number of methoxy groups -OCH3 is 1. The van der Waals surface area contributed by atoms with Crippen molar-refractivity contribution >= 4 is 12.1 Å². The summed E-state index contributed by atoms with van der Waals surface area (Å²) >= 11 is 0. The molecule has 1 amide bonds. The molecule has 0 saturated heterocycles. The van der Waals surface area contributed by atoms with Crippen molar-refractivity contribution in [1.82, 2.24) is 5.32 Å². The highest BCUT2D eigenvalue weighted by Gasteiger charge is 2.26. The molecule has 1 N–H and O–H groups in total. The second kappa shape index (κ2) is 6.41. The number of rotatable bonds is 3. The predicted molar refractivity (Wildman–Crippen MR) is 75.3 cm³/mol. The number of carbonyl (C=O) groups excluding carboxylic acids is 2. The molecule has 1 rings (SSSR count). The first-order valence-electron chi connectivity index (χ1n) is 6.37. The summed E-state index contributed by atoms with van der Waals surface area (Å²) in [5, 5.41) is 2.52. The quantitative estimate of drug-likeness (QED) is 0.864. The fourth-order valence-corrected chi connectivity index (χ4v) is 1.58. The van der Waals surface area contributed by atoms with Crippen LogP contribution in [0.3, 0.4) is 0 Å². The van der Waals surface area contributed by atoms with Crippen LogP contribution in [0.5, 0.6) is 0 Å². The third kappa shape index (κ3) is 4.91. The van der Waals surface area contributed by atoms with Gasteiger partial charge in [-0.15, -0.1) is 0 Å². The molecule has 0 radical (unpaired) electrons. The van der Waals surface area contributed by atoms with Crippen molar-refractivity contribution in [2.45, 2.75) is 39.3 Å². The molecule has 1 aromatic rings. The van der Waals surface area contributed by atoms with E-state index in [9.17, 15) is 9.59 Å². The van der Waals surface area contributed by atoms with Crippen molar-refractivity contribution in [3.8, 4) is 0 Å². The molecule has 5 nitrogen and oxygen atoms in total. The van der Waals surface area contributed by atoms with Gasteiger partial charge in [-0.1, -0.05) is 29.8 Å². The lowest BCUT2D eigenvalue weighted by Gasteiger charge is -2.22. The van der Waals surface area contributed by atoms with E-state index < -0.39 is 23.7 Å². The molecule has 110 valence electrons. The number of ether oxygens (including phenoxy) is 2. The number of benzene rings is 1. The highest BCUT2D eigenvalue weighted by atomic mass is 16.6. The Morgan fingerprint density at radius 1 is 1.15 bits per heavy atom. The summed E-state index contributed by atoms with van der Waals surface area (Å²) in [7, 11) is 1.28. The summed E-state index contributed by atoms with van der Waals surface area (Å²) in [6.45, 7) is 7.21. The van der Waals surface area contributed by atoms with Crippen LogP contribution >= 0.6 is 0 Å². The molecule has 0 aliphatic carbocycles. The average Bonchev–Trinajstić information content (AvgIpc) is 2.34. The Hall–Kier alpha value is -2.04. The number of aryl methyl sites for hydroxylation is 1. The van der Waals surface area contributed by atoms with E-state index in [4.69, 9.17) is 9.47 Å². The van der Waals surface area contributed by atoms with Crippen molar-refractivity contribution in [2.75, 3.05) is 7.11 Å². The lowest BCUT2D eigenvalue weighted by atomic mass is 10.1. The van der Waals surface area contributed by atoms with Crippen molar-refractivity contribution in [2.24, 2.45) is 0 Å². The van der Waals surface area contributed by atoms with Crippen LogP contribution in [0.1, 0.15) is 37.9 Å². The number of hydrogen-bond donors (Lipinski definition) is 1. The smallest absolute Gasteiger partial charge is 0.408 e. The summed E-state index contributed by atoms with van der Waals surface area (Å²) in [6, 6.07) is 6.39. The first-order valence-corrected chi connectivity index (χ1v) is 6.37. The second-order valence-corrected chi connectivity index (χ2v) is 5.51. The number of alkyl carbamates (subject to hydrolysis) is 1. The zero-order chi connectivity index (χ0) is 15.3. The molecule has 0 saturated carbocycles. The molecule has 0 aliphatic rings. The van der Waals surface area contributed by atoms with Crippen molar-refractivity contribution in [1.29, 1.82) is 0 Å². The Labute approximate surface area is 119 Å². The van der Waals surface area contributed by atoms with E-state index >= 15 is 0 Å². The van der Waals surface area contributed by atoms with Crippen LogP contribution in [-0.2, 0) is 14.3 Å². The normalized spacial score (nSPS) is 12.4. The molecule has 0 fully saturated rings. The van der Waals surface area contributed by atoms with E-state index in [1.54, 1.807) is 32.9 Å². The van der Waals surface area contributed by atoms with Gasteiger partial charge in [0.1, 0.15) is 5.60 Å². The Kier molecular flexibility index (Phi) is 5.13. The van der Waals surface area contributed by atoms with E-state index in [0.717, 1.165) is 5.56 Å². The van der Waals surface area contributed by atoms with Gasteiger partial charge < -0.3 is 14.8 Å². The van der Waals surface area contributed by atoms with E-state index in [1.165, 1.54) is 7.11 Å². The van der Waals surface area contributed by atoms with Gasteiger partial charge >= 0.3 is 12.1 Å². The molecule has 0 spiro atoms. The zero-order valence-electron chi connectivity index (χ0n) is 12.5. The summed E-state index contributed by atoms with van der Waals surface area (Å²) in [5.74, 6) is -0.542. The van der Waals surface area contributed by atoms with E-state index in [2.05, 4.69) is 5.32 Å². The number of esters is 1. The van der Waals surface area contributed by atoms with Crippen molar-refractivity contribution < 1.29 is 19.1 Å². The zero-order valence-corrected chi connectivity index (χ0v) is 12.5. The molecule has 0 heterocycles. The largest absolute Gasteiger partial charge is 0.467 e. The minimum absolute atomic E-state index is 0.542. The topological polar surface area (TPSA) is 64.6 Å². The molecule has 0 aliphatic heterocycles. The molecule has 20 heavy (non-hydrogen) atoms. The minimum Gasteiger partial charge on any atom is -0.467 e. The summed E-state index contributed by atoms with van der Waals surface area (Å²) in [4.78, 5) is 23.6. The van der Waals surface area contributed by atoms with Crippen LogP contribution in [0, 0.1) is 6.92 Å². The second-order valence-electron chi connectivity index (χ2n) is 5.51. The molecular weight excluding hydrogens is 258 g/mol. The maximum atomic E-state index is 11.8. The maximum Gasteiger partial charge on any atom is 0.408 e. The van der Waals surface area contributed by atoms with Crippen LogP contribution in [0.4, 0.5) is 4.79 Å². The van der Waals surface area contributed by atoms with Crippen LogP contribution in [0.2, 0.25) is 0 Å². The molecule has 5 heteroatoms. The van der Waals surface area contributed by atoms with Crippen LogP contribution < -0.4 is 5.32 Å². The van der Waals surface area contributed by atoms with E-state index in [1.807, 2.05) is 19.1 Å². The molecule has 0 aromatic heterocycles. The Bertz CT molecular complexity index is 474. The molecule has 0 bridgehead atoms. The maximum absolute atomic E-state index is 11.8. The standard InChI is InChI=1S/C15H21NO4/c1-10-6-8-11(9-7-10)12(13(17)19-5)16-14(18)20-15(2,3)4/h6-9,12H,1-5H3,(H,16,18). The fourth-order valence-electron chi connectivity index (χ4n) is 1.58. The van der Waals surface area contributed by atoms with Crippen molar-refractivity contribution in [3.05, 3.63) is 35.4 Å². The Balaban J connectivity index is 2.88. The first kappa shape index (κ1) is 16.0. The van der Waals surface area contributed by atoms with Gasteiger partial charge in [0.15, 0.2) is 6.04 Å². The molecule has 1 atom stereocenters. The van der Waals surface area contributed by atoms with Gasteiger partial charge in [-0.05, 0) is 33.3 Å². The Morgan fingerprint density at radius 3 is 2.15 bits per heavy atom. The number of amides is 1. The molecular formula is C15H21NO4. The van der Waals surface area contributed by atoms with Gasteiger partial charge in [0.25, 0.3) is 0 Å². The van der Waals surface area contributed by atoms with Crippen LogP contribution in [0.25, 0.3) is 0 Å². The van der Waals surface area contributed by atoms with Crippen molar-refractivity contribution in [3.63, 3.8) is 0 Å². The average molecular weight is 279 g/mol. The number of hydrogen-bond acceptors (Lipinski definition) is 4. The first-order chi connectivity index (χ1) is 9.23. The van der Waals surface area contributed by atoms with E-state index in [0.29, 0.717) is 5.56 Å². The van der Waals surface area contributed by atoms with E-state index in [-0.39, 0.29) is 0 Å². The molecule has 1 aromatic carbocycles. The summed E-state index contributed by atoms with van der Waals surface area (Å²) < 4.78 is 9.87. The third-order valence-electron chi connectivity index (χ3n) is 2.51. The van der Waals surface area contributed by atoms with Gasteiger partial charge in [0, 0.05) is 0 Å². The third-order valence-corrected chi connectivity index (χ3v) is 2.51. The monoisotopic (exact) mass is 279 g/mol. The number of carbonyl (C=O) groups is 2. The summed E-state index contributed by atoms with van der Waals surface area (Å²) in [5.41, 5.74) is 1.08.